The normalized spacial score (nSPS) is 12.9. The minimum Gasteiger partial charge on any atom is -0.468 e. The van der Waals surface area contributed by atoms with Crippen LogP contribution in [0.25, 0.3) is 0 Å². The number of benzene rings is 1. The molecule has 124 valence electrons. The van der Waals surface area contributed by atoms with E-state index < -0.39 is 17.9 Å². The standard InChI is InChI=1S/C17H17N3O4/c1-23-15(21)13(16(22)24-2)12-6-3-5-11-7-10-20(14(11)12)17-18-8-4-9-19-17/h3-6,8-9,13H,7,10H2,1-2H3. The summed E-state index contributed by atoms with van der Waals surface area (Å²) in [4.78, 5) is 34.8. The Morgan fingerprint density at radius 2 is 1.75 bits per heavy atom. The lowest BCUT2D eigenvalue weighted by Crippen LogP contribution is -2.27. The molecule has 2 heterocycles. The number of rotatable bonds is 4. The molecule has 24 heavy (non-hydrogen) atoms. The molecule has 0 radical (unpaired) electrons. The Bertz CT molecular complexity index is 748. The maximum atomic E-state index is 12.2. The molecule has 2 aromatic rings. The van der Waals surface area contributed by atoms with Gasteiger partial charge in [0.2, 0.25) is 5.95 Å². The summed E-state index contributed by atoms with van der Waals surface area (Å²) in [5.74, 6) is -1.93. The second-order valence-corrected chi connectivity index (χ2v) is 5.28. The smallest absolute Gasteiger partial charge is 0.324 e. The Hall–Kier alpha value is -2.96. The number of aromatic nitrogens is 2. The van der Waals surface area contributed by atoms with Gasteiger partial charge in [-0.1, -0.05) is 18.2 Å². The zero-order valence-corrected chi connectivity index (χ0v) is 13.4. The van der Waals surface area contributed by atoms with Gasteiger partial charge in [0.1, 0.15) is 0 Å². The van der Waals surface area contributed by atoms with E-state index in [-0.39, 0.29) is 0 Å². The van der Waals surface area contributed by atoms with Crippen molar-refractivity contribution in [3.05, 3.63) is 47.8 Å². The van der Waals surface area contributed by atoms with Gasteiger partial charge in [0.15, 0.2) is 5.92 Å². The highest BCUT2D eigenvalue weighted by Gasteiger charge is 2.36. The van der Waals surface area contributed by atoms with Crippen LogP contribution in [0.1, 0.15) is 17.0 Å². The van der Waals surface area contributed by atoms with Crippen LogP contribution in [0.2, 0.25) is 0 Å². The number of fused-ring (bicyclic) bond motifs is 1. The van der Waals surface area contributed by atoms with Crippen LogP contribution in [0.15, 0.2) is 36.7 Å². The fraction of sp³-hybridized carbons (Fsp3) is 0.294. The predicted octanol–water partition coefficient (Wildman–Crippen LogP) is 1.60. The van der Waals surface area contributed by atoms with Crippen LogP contribution >= 0.6 is 0 Å². The van der Waals surface area contributed by atoms with Crippen LogP contribution in [0.4, 0.5) is 11.6 Å². The number of esters is 2. The van der Waals surface area contributed by atoms with E-state index in [9.17, 15) is 9.59 Å². The average Bonchev–Trinajstić information content (AvgIpc) is 3.07. The minimum atomic E-state index is -1.14. The Kier molecular flexibility index (Phi) is 4.41. The van der Waals surface area contributed by atoms with E-state index in [0.29, 0.717) is 18.1 Å². The first-order chi connectivity index (χ1) is 11.7. The first-order valence-electron chi connectivity index (χ1n) is 7.49. The second kappa shape index (κ2) is 6.66. The quantitative estimate of drug-likeness (QED) is 0.623. The van der Waals surface area contributed by atoms with Crippen LogP contribution in [0.3, 0.4) is 0 Å². The van der Waals surface area contributed by atoms with Gasteiger partial charge in [-0.15, -0.1) is 0 Å². The van der Waals surface area contributed by atoms with Crippen molar-refractivity contribution in [1.29, 1.82) is 0 Å². The molecular formula is C17H17N3O4. The van der Waals surface area contributed by atoms with Gasteiger partial charge < -0.3 is 14.4 Å². The molecule has 1 aliphatic rings. The molecule has 1 aliphatic heterocycles. The van der Waals surface area contributed by atoms with Crippen LogP contribution in [0, 0.1) is 0 Å². The summed E-state index contributed by atoms with van der Waals surface area (Å²) in [5.41, 5.74) is 2.33. The molecule has 0 saturated heterocycles. The molecule has 3 rings (SSSR count). The summed E-state index contributed by atoms with van der Waals surface area (Å²) < 4.78 is 9.60. The summed E-state index contributed by atoms with van der Waals surface area (Å²) in [5, 5.41) is 0. The number of ether oxygens (including phenoxy) is 2. The number of nitrogens with zero attached hydrogens (tertiary/aromatic N) is 3. The van der Waals surface area contributed by atoms with Crippen molar-refractivity contribution in [2.75, 3.05) is 25.7 Å². The molecule has 1 aromatic heterocycles. The predicted molar refractivity (Wildman–Crippen MR) is 86.0 cm³/mol. The van der Waals surface area contributed by atoms with Gasteiger partial charge in [0.25, 0.3) is 0 Å². The van der Waals surface area contributed by atoms with Gasteiger partial charge in [0.05, 0.1) is 19.9 Å². The summed E-state index contributed by atoms with van der Waals surface area (Å²) in [6.07, 6.45) is 4.08. The third-order valence-electron chi connectivity index (χ3n) is 4.00. The Morgan fingerprint density at radius 1 is 1.08 bits per heavy atom. The Balaban J connectivity index is 2.12. The van der Waals surface area contributed by atoms with E-state index in [4.69, 9.17) is 9.47 Å². The number of carbonyl (C=O) groups is 2. The van der Waals surface area contributed by atoms with Gasteiger partial charge in [0, 0.05) is 24.5 Å². The van der Waals surface area contributed by atoms with E-state index in [0.717, 1.165) is 17.7 Å². The van der Waals surface area contributed by atoms with Crippen molar-refractivity contribution in [1.82, 2.24) is 9.97 Å². The largest absolute Gasteiger partial charge is 0.468 e. The van der Waals surface area contributed by atoms with E-state index in [1.54, 1.807) is 24.5 Å². The van der Waals surface area contributed by atoms with E-state index >= 15 is 0 Å². The summed E-state index contributed by atoms with van der Waals surface area (Å²) >= 11 is 0. The monoisotopic (exact) mass is 327 g/mol. The molecule has 0 N–H and O–H groups in total. The van der Waals surface area contributed by atoms with Gasteiger partial charge in [-0.05, 0) is 18.1 Å². The lowest BCUT2D eigenvalue weighted by Gasteiger charge is -2.22. The van der Waals surface area contributed by atoms with Crippen LogP contribution in [0.5, 0.6) is 0 Å². The number of para-hydroxylation sites is 1. The molecular weight excluding hydrogens is 310 g/mol. The third-order valence-corrected chi connectivity index (χ3v) is 4.00. The lowest BCUT2D eigenvalue weighted by atomic mass is 9.95. The maximum absolute atomic E-state index is 12.2. The molecule has 0 spiro atoms. The topological polar surface area (TPSA) is 81.6 Å². The zero-order chi connectivity index (χ0) is 17.1. The number of methoxy groups -OCH3 is 2. The van der Waals surface area contributed by atoms with Crippen molar-refractivity contribution >= 4 is 23.6 Å². The van der Waals surface area contributed by atoms with Crippen molar-refractivity contribution in [3.8, 4) is 0 Å². The summed E-state index contributed by atoms with van der Waals surface area (Å²) in [6, 6.07) is 7.26. The minimum absolute atomic E-state index is 0.525. The number of carbonyl (C=O) groups excluding carboxylic acids is 2. The second-order valence-electron chi connectivity index (χ2n) is 5.28. The number of hydrogen-bond acceptors (Lipinski definition) is 7. The molecule has 7 heteroatoms. The van der Waals surface area contributed by atoms with Crippen LogP contribution in [-0.2, 0) is 25.5 Å². The first-order valence-corrected chi connectivity index (χ1v) is 7.49. The Labute approximate surface area is 139 Å². The van der Waals surface area contributed by atoms with Gasteiger partial charge in [-0.25, -0.2) is 9.97 Å². The molecule has 1 aromatic carbocycles. The van der Waals surface area contributed by atoms with Gasteiger partial charge >= 0.3 is 11.9 Å². The SMILES string of the molecule is COC(=O)C(C(=O)OC)c1cccc2c1N(c1ncccn1)CC2. The fourth-order valence-corrected chi connectivity index (χ4v) is 2.94. The van der Waals surface area contributed by atoms with Crippen LogP contribution < -0.4 is 4.90 Å². The van der Waals surface area contributed by atoms with Crippen molar-refractivity contribution in [2.45, 2.75) is 12.3 Å². The highest BCUT2D eigenvalue weighted by Crippen LogP contribution is 2.39. The zero-order valence-electron chi connectivity index (χ0n) is 13.4. The van der Waals surface area contributed by atoms with E-state index in [1.165, 1.54) is 14.2 Å². The fourth-order valence-electron chi connectivity index (χ4n) is 2.94. The average molecular weight is 327 g/mol. The molecule has 0 saturated carbocycles. The van der Waals surface area contributed by atoms with Crippen molar-refractivity contribution in [2.24, 2.45) is 0 Å². The van der Waals surface area contributed by atoms with Crippen LogP contribution in [-0.4, -0.2) is 42.7 Å². The van der Waals surface area contributed by atoms with Gasteiger partial charge in [-0.2, -0.15) is 0 Å². The van der Waals surface area contributed by atoms with E-state index in [2.05, 4.69) is 9.97 Å². The molecule has 0 fully saturated rings. The summed E-state index contributed by atoms with van der Waals surface area (Å²) in [7, 11) is 2.50. The molecule has 0 unspecified atom stereocenters. The summed E-state index contributed by atoms with van der Waals surface area (Å²) in [6.45, 7) is 0.672. The van der Waals surface area contributed by atoms with E-state index in [1.807, 2.05) is 17.0 Å². The van der Waals surface area contributed by atoms with Crippen molar-refractivity contribution in [3.63, 3.8) is 0 Å². The Morgan fingerprint density at radius 3 is 2.38 bits per heavy atom. The highest BCUT2D eigenvalue weighted by atomic mass is 16.5. The molecule has 0 amide bonds. The number of hydrogen-bond donors (Lipinski definition) is 0. The molecule has 0 bridgehead atoms. The van der Waals surface area contributed by atoms with Gasteiger partial charge in [-0.3, -0.25) is 9.59 Å². The molecule has 0 aliphatic carbocycles. The third kappa shape index (κ3) is 2.68. The molecule has 0 atom stereocenters. The maximum Gasteiger partial charge on any atom is 0.324 e. The lowest BCUT2D eigenvalue weighted by molar-refractivity contribution is -0.154. The molecule has 7 nitrogen and oxygen atoms in total. The number of anilines is 2. The van der Waals surface area contributed by atoms with Crippen molar-refractivity contribution < 1.29 is 19.1 Å². The first kappa shape index (κ1) is 15.9. The highest BCUT2D eigenvalue weighted by molar-refractivity contribution is 6.02.